The van der Waals surface area contributed by atoms with Gasteiger partial charge in [0.15, 0.2) is 0 Å². The molecule has 98 valence electrons. The monoisotopic (exact) mass is 241 g/mol. The first-order valence-electron chi connectivity index (χ1n) is 6.17. The summed E-state index contributed by atoms with van der Waals surface area (Å²) in [7, 11) is 5.22. The van der Waals surface area contributed by atoms with Gasteiger partial charge in [-0.25, -0.2) is 0 Å². The summed E-state index contributed by atoms with van der Waals surface area (Å²) >= 11 is 0. The van der Waals surface area contributed by atoms with Gasteiger partial charge in [0.05, 0.1) is 13.1 Å². The lowest BCUT2D eigenvalue weighted by Gasteiger charge is -2.19. The standard InChI is InChI=1S/C12H23N3O2/c1-14(2)12(17)9-15(3)8-11(16)13-10-6-4-5-7-10/h10H,4-9H2,1-3H3,(H,13,16). The van der Waals surface area contributed by atoms with E-state index in [0.29, 0.717) is 6.04 Å². The fourth-order valence-corrected chi connectivity index (χ4v) is 2.02. The van der Waals surface area contributed by atoms with E-state index in [1.807, 2.05) is 0 Å². The van der Waals surface area contributed by atoms with E-state index in [-0.39, 0.29) is 24.9 Å². The molecule has 0 aliphatic heterocycles. The van der Waals surface area contributed by atoms with E-state index in [0.717, 1.165) is 12.8 Å². The van der Waals surface area contributed by atoms with E-state index >= 15 is 0 Å². The Kier molecular flexibility index (Phi) is 5.41. The van der Waals surface area contributed by atoms with Crippen molar-refractivity contribution in [3.63, 3.8) is 0 Å². The zero-order valence-electron chi connectivity index (χ0n) is 11.0. The second-order valence-electron chi connectivity index (χ2n) is 5.01. The van der Waals surface area contributed by atoms with Crippen molar-refractivity contribution in [3.05, 3.63) is 0 Å². The average molecular weight is 241 g/mol. The van der Waals surface area contributed by atoms with Gasteiger partial charge < -0.3 is 10.2 Å². The molecule has 5 heteroatoms. The molecule has 0 spiro atoms. The topological polar surface area (TPSA) is 52.7 Å². The van der Waals surface area contributed by atoms with Crippen LogP contribution in [0.3, 0.4) is 0 Å². The maximum absolute atomic E-state index is 11.7. The molecule has 1 rings (SSSR count). The number of carbonyl (C=O) groups excluding carboxylic acids is 2. The van der Waals surface area contributed by atoms with Crippen LogP contribution in [0.25, 0.3) is 0 Å². The summed E-state index contributed by atoms with van der Waals surface area (Å²) in [6.07, 6.45) is 4.60. The quantitative estimate of drug-likeness (QED) is 0.741. The van der Waals surface area contributed by atoms with Crippen LogP contribution in [-0.4, -0.2) is 61.9 Å². The Morgan fingerprint density at radius 1 is 1.12 bits per heavy atom. The molecule has 2 amide bonds. The molecular formula is C12H23N3O2. The van der Waals surface area contributed by atoms with E-state index in [4.69, 9.17) is 0 Å². The Hall–Kier alpha value is -1.10. The number of hydrogen-bond donors (Lipinski definition) is 1. The summed E-state index contributed by atoms with van der Waals surface area (Å²) < 4.78 is 0. The predicted octanol–water partition coefficient (Wildman–Crippen LogP) is 0.0652. The maximum Gasteiger partial charge on any atom is 0.236 e. The van der Waals surface area contributed by atoms with Crippen molar-refractivity contribution in [3.8, 4) is 0 Å². The first-order chi connectivity index (χ1) is 7.99. The summed E-state index contributed by atoms with van der Waals surface area (Å²) in [5.74, 6) is 0.0344. The Bertz CT molecular complexity index is 273. The van der Waals surface area contributed by atoms with Gasteiger partial charge in [0, 0.05) is 20.1 Å². The van der Waals surface area contributed by atoms with Crippen molar-refractivity contribution in [1.29, 1.82) is 0 Å². The van der Waals surface area contributed by atoms with Crippen LogP contribution in [0.2, 0.25) is 0 Å². The largest absolute Gasteiger partial charge is 0.352 e. The Labute approximate surface area is 103 Å². The lowest BCUT2D eigenvalue weighted by Crippen LogP contribution is -2.43. The zero-order valence-corrected chi connectivity index (χ0v) is 11.0. The molecule has 0 unspecified atom stereocenters. The summed E-state index contributed by atoms with van der Waals surface area (Å²) in [5.41, 5.74) is 0. The lowest BCUT2D eigenvalue weighted by molar-refractivity contribution is -0.130. The minimum Gasteiger partial charge on any atom is -0.352 e. The first kappa shape index (κ1) is 14.0. The first-order valence-corrected chi connectivity index (χ1v) is 6.17. The van der Waals surface area contributed by atoms with Crippen LogP contribution in [0.5, 0.6) is 0 Å². The second kappa shape index (κ2) is 6.59. The van der Waals surface area contributed by atoms with E-state index in [1.54, 1.807) is 26.0 Å². The van der Waals surface area contributed by atoms with Crippen LogP contribution in [0.4, 0.5) is 0 Å². The Morgan fingerprint density at radius 3 is 2.24 bits per heavy atom. The molecule has 0 aromatic heterocycles. The Morgan fingerprint density at radius 2 is 1.71 bits per heavy atom. The van der Waals surface area contributed by atoms with Crippen molar-refractivity contribution < 1.29 is 9.59 Å². The summed E-state index contributed by atoms with van der Waals surface area (Å²) in [5, 5.41) is 3.01. The normalized spacial score (nSPS) is 16.2. The number of amides is 2. The number of carbonyl (C=O) groups is 2. The highest BCUT2D eigenvalue weighted by atomic mass is 16.2. The smallest absolute Gasteiger partial charge is 0.236 e. The number of nitrogens with zero attached hydrogens (tertiary/aromatic N) is 2. The van der Waals surface area contributed by atoms with Gasteiger partial charge in [0.2, 0.25) is 11.8 Å². The van der Waals surface area contributed by atoms with Gasteiger partial charge >= 0.3 is 0 Å². The third-order valence-corrected chi connectivity index (χ3v) is 3.04. The summed E-state index contributed by atoms with van der Waals surface area (Å²) in [6, 6.07) is 0.348. The number of rotatable bonds is 5. The molecule has 1 fully saturated rings. The third-order valence-electron chi connectivity index (χ3n) is 3.04. The molecule has 5 nitrogen and oxygen atoms in total. The molecule has 0 heterocycles. The van der Waals surface area contributed by atoms with Crippen molar-refractivity contribution in [2.75, 3.05) is 34.2 Å². The molecule has 17 heavy (non-hydrogen) atoms. The SMILES string of the molecule is CN(CC(=O)NC1CCCC1)CC(=O)N(C)C. The van der Waals surface area contributed by atoms with Gasteiger partial charge in [0.1, 0.15) is 0 Å². The second-order valence-corrected chi connectivity index (χ2v) is 5.01. The van der Waals surface area contributed by atoms with Crippen LogP contribution in [-0.2, 0) is 9.59 Å². The molecular weight excluding hydrogens is 218 g/mol. The predicted molar refractivity (Wildman–Crippen MR) is 66.6 cm³/mol. The van der Waals surface area contributed by atoms with Gasteiger partial charge in [-0.1, -0.05) is 12.8 Å². The number of likely N-dealkylation sites (N-methyl/N-ethyl adjacent to an activating group) is 2. The van der Waals surface area contributed by atoms with Gasteiger partial charge in [0.25, 0.3) is 0 Å². The van der Waals surface area contributed by atoms with Gasteiger partial charge in [-0.3, -0.25) is 14.5 Å². The fraction of sp³-hybridized carbons (Fsp3) is 0.833. The van der Waals surface area contributed by atoms with Crippen LogP contribution in [0.15, 0.2) is 0 Å². The van der Waals surface area contributed by atoms with Gasteiger partial charge in [-0.15, -0.1) is 0 Å². The van der Waals surface area contributed by atoms with E-state index in [2.05, 4.69) is 5.32 Å². The van der Waals surface area contributed by atoms with Gasteiger partial charge in [-0.05, 0) is 19.9 Å². The minimum atomic E-state index is 0.0150. The molecule has 0 radical (unpaired) electrons. The molecule has 0 aromatic rings. The van der Waals surface area contributed by atoms with Gasteiger partial charge in [-0.2, -0.15) is 0 Å². The molecule has 1 saturated carbocycles. The molecule has 0 saturated heterocycles. The van der Waals surface area contributed by atoms with Crippen LogP contribution in [0, 0.1) is 0 Å². The maximum atomic E-state index is 11.7. The highest BCUT2D eigenvalue weighted by molar-refractivity contribution is 5.81. The molecule has 0 atom stereocenters. The summed E-state index contributed by atoms with van der Waals surface area (Å²) in [6.45, 7) is 0.571. The van der Waals surface area contributed by atoms with Crippen molar-refractivity contribution >= 4 is 11.8 Å². The van der Waals surface area contributed by atoms with Crippen LogP contribution >= 0.6 is 0 Å². The number of hydrogen-bond acceptors (Lipinski definition) is 3. The minimum absolute atomic E-state index is 0.0150. The van der Waals surface area contributed by atoms with Crippen LogP contribution < -0.4 is 5.32 Å². The van der Waals surface area contributed by atoms with E-state index < -0.39 is 0 Å². The average Bonchev–Trinajstić information content (AvgIpc) is 2.69. The van der Waals surface area contributed by atoms with E-state index in [9.17, 15) is 9.59 Å². The highest BCUT2D eigenvalue weighted by Crippen LogP contribution is 2.17. The third kappa shape index (κ3) is 5.17. The molecule has 0 aromatic carbocycles. The fourth-order valence-electron chi connectivity index (χ4n) is 2.02. The number of nitrogens with one attached hydrogen (secondary N) is 1. The molecule has 1 aliphatic rings. The summed E-state index contributed by atoms with van der Waals surface area (Å²) in [4.78, 5) is 26.4. The zero-order chi connectivity index (χ0) is 12.8. The molecule has 0 bridgehead atoms. The molecule has 1 aliphatic carbocycles. The van der Waals surface area contributed by atoms with Crippen molar-refractivity contribution in [2.24, 2.45) is 0 Å². The van der Waals surface area contributed by atoms with E-state index in [1.165, 1.54) is 17.7 Å². The van der Waals surface area contributed by atoms with Crippen molar-refractivity contribution in [1.82, 2.24) is 15.1 Å². The highest BCUT2D eigenvalue weighted by Gasteiger charge is 2.18. The molecule has 1 N–H and O–H groups in total. The lowest BCUT2D eigenvalue weighted by atomic mass is 10.2. The van der Waals surface area contributed by atoms with Crippen LogP contribution in [0.1, 0.15) is 25.7 Å². The Balaban J connectivity index is 2.22. The van der Waals surface area contributed by atoms with Crippen molar-refractivity contribution in [2.45, 2.75) is 31.7 Å².